The maximum Gasteiger partial charge on any atom is 0.147 e. The fourth-order valence-electron chi connectivity index (χ4n) is 1.45. The third-order valence-corrected chi connectivity index (χ3v) is 2.35. The Kier molecular flexibility index (Phi) is 6.59. The Morgan fingerprint density at radius 1 is 1.40 bits per heavy atom. The van der Waals surface area contributed by atoms with Crippen LogP contribution in [0.1, 0.15) is 33.5 Å². The molecule has 3 heteroatoms. The summed E-state index contributed by atoms with van der Waals surface area (Å²) in [5.41, 5.74) is 0. The van der Waals surface area contributed by atoms with Crippen molar-refractivity contribution < 1.29 is 15.6 Å². The first-order valence-electron chi connectivity index (χ1n) is 6.28. The van der Waals surface area contributed by atoms with Gasteiger partial charge in [-0.05, 0) is 19.3 Å². The molecule has 1 saturated heterocycles. The second-order valence-corrected chi connectivity index (χ2v) is 3.75. The fourth-order valence-corrected chi connectivity index (χ4v) is 1.45. The number of hydrogen-bond donors (Lipinski definition) is 0. The zero-order valence-electron chi connectivity index (χ0n) is 10.3. The van der Waals surface area contributed by atoms with Crippen molar-refractivity contribution in [2.24, 2.45) is 0 Å². The summed E-state index contributed by atoms with van der Waals surface area (Å²) in [7, 11) is 0. The summed E-state index contributed by atoms with van der Waals surface area (Å²) >= 11 is 0. The smallest absolute Gasteiger partial charge is 0.147 e. The van der Waals surface area contributed by atoms with E-state index >= 15 is 0 Å². The molecule has 0 amide bonds. The Morgan fingerprint density at radius 2 is 2.27 bits per heavy atom. The molecule has 0 radical (unpaired) electrons. The number of ether oxygens (including phenoxy) is 3. The van der Waals surface area contributed by atoms with Gasteiger partial charge < -0.3 is 14.2 Å². The van der Waals surface area contributed by atoms with Gasteiger partial charge in [0.15, 0.2) is 0 Å². The predicted octanol–water partition coefficient (Wildman–Crippen LogP) is 2.51. The molecule has 0 aromatic carbocycles. The van der Waals surface area contributed by atoms with E-state index in [4.69, 9.17) is 15.6 Å². The maximum atomic E-state index is 7.17. The molecule has 0 N–H and O–H groups in total. The van der Waals surface area contributed by atoms with Gasteiger partial charge in [-0.3, -0.25) is 0 Å². The first kappa shape index (κ1) is 11.1. The largest absolute Gasteiger partial charge is 0.379 e. The van der Waals surface area contributed by atoms with E-state index in [1.54, 1.807) is 0 Å². The summed E-state index contributed by atoms with van der Waals surface area (Å²) in [6.45, 7) is 4.68. The Balaban J connectivity index is 1.79. The molecular formula is C12H22O3. The highest BCUT2D eigenvalue weighted by Crippen LogP contribution is 2.05. The monoisotopic (exact) mass is 215 g/mol. The van der Waals surface area contributed by atoms with Crippen LogP contribution in [0, 0.1) is 0 Å². The third kappa shape index (κ3) is 6.66. The van der Waals surface area contributed by atoms with Crippen LogP contribution in [-0.4, -0.2) is 32.7 Å². The highest BCUT2D eigenvalue weighted by Gasteiger charge is 2.15. The third-order valence-electron chi connectivity index (χ3n) is 2.35. The number of hydrogen-bond acceptors (Lipinski definition) is 3. The standard InChI is InChI=1S/C12H22O3/c1-2-3-4-5-6-7-8-13-9-12-10-14-11-15-12/h2,12H,1,3-11H2/i11D. The van der Waals surface area contributed by atoms with Gasteiger partial charge in [-0.1, -0.05) is 18.9 Å². The molecule has 1 fully saturated rings. The van der Waals surface area contributed by atoms with Crippen LogP contribution in [0.25, 0.3) is 0 Å². The Hall–Kier alpha value is -0.380. The normalized spacial score (nSPS) is 26.5. The SMILES string of the molecule is [2H]C1OCC(COCCCCCCC=C)O1. The molecule has 88 valence electrons. The molecule has 3 nitrogen and oxygen atoms in total. The number of unbranched alkanes of at least 4 members (excludes halogenated alkanes) is 4. The Morgan fingerprint density at radius 3 is 3.00 bits per heavy atom. The minimum absolute atomic E-state index is 0.0525. The Labute approximate surface area is 93.8 Å². The quantitative estimate of drug-likeness (QED) is 0.437. The molecule has 0 bridgehead atoms. The van der Waals surface area contributed by atoms with Crippen molar-refractivity contribution in [2.75, 3.05) is 26.6 Å². The van der Waals surface area contributed by atoms with Gasteiger partial charge in [0.1, 0.15) is 12.9 Å². The number of rotatable bonds is 9. The summed E-state index contributed by atoms with van der Waals surface area (Å²) in [5.74, 6) is 0. The van der Waals surface area contributed by atoms with E-state index in [0.717, 1.165) is 19.4 Å². The molecule has 1 heterocycles. The molecule has 2 atom stereocenters. The highest BCUT2D eigenvalue weighted by molar-refractivity contribution is 4.65. The van der Waals surface area contributed by atoms with E-state index in [1.165, 1.54) is 19.3 Å². The lowest BCUT2D eigenvalue weighted by Gasteiger charge is -2.08. The lowest BCUT2D eigenvalue weighted by molar-refractivity contribution is 0.00448. The van der Waals surface area contributed by atoms with Crippen LogP contribution in [0.5, 0.6) is 0 Å². The molecular weight excluding hydrogens is 192 g/mol. The Bertz CT molecular complexity index is 187. The van der Waals surface area contributed by atoms with Crippen molar-refractivity contribution in [3.05, 3.63) is 12.7 Å². The van der Waals surface area contributed by atoms with Crippen LogP contribution in [-0.2, 0) is 14.2 Å². The highest BCUT2D eigenvalue weighted by atomic mass is 16.7. The molecule has 0 aromatic heterocycles. The van der Waals surface area contributed by atoms with Gasteiger partial charge in [-0.15, -0.1) is 6.58 Å². The van der Waals surface area contributed by atoms with Crippen LogP contribution in [0.2, 0.25) is 0 Å². The van der Waals surface area contributed by atoms with Crippen LogP contribution in [0.4, 0.5) is 0 Å². The second-order valence-electron chi connectivity index (χ2n) is 3.75. The number of allylic oxidation sites excluding steroid dienone is 1. The van der Waals surface area contributed by atoms with Gasteiger partial charge in [-0.2, -0.15) is 0 Å². The zero-order valence-corrected chi connectivity index (χ0v) is 9.32. The van der Waals surface area contributed by atoms with Crippen molar-refractivity contribution in [1.82, 2.24) is 0 Å². The summed E-state index contributed by atoms with van der Waals surface area (Å²) in [6.07, 6.45) is 7.79. The van der Waals surface area contributed by atoms with Gasteiger partial charge in [0.2, 0.25) is 0 Å². The van der Waals surface area contributed by atoms with Crippen molar-refractivity contribution in [3.8, 4) is 0 Å². The molecule has 15 heavy (non-hydrogen) atoms. The van der Waals surface area contributed by atoms with Crippen LogP contribution >= 0.6 is 0 Å². The summed E-state index contributed by atoms with van der Waals surface area (Å²) < 4.78 is 22.7. The van der Waals surface area contributed by atoms with E-state index < -0.39 is 6.77 Å². The van der Waals surface area contributed by atoms with Crippen LogP contribution < -0.4 is 0 Å². The van der Waals surface area contributed by atoms with Crippen molar-refractivity contribution in [3.63, 3.8) is 0 Å². The summed E-state index contributed by atoms with van der Waals surface area (Å²) in [5, 5.41) is 0. The fraction of sp³-hybridized carbons (Fsp3) is 0.833. The first-order chi connectivity index (χ1) is 7.83. The van der Waals surface area contributed by atoms with Crippen LogP contribution in [0.15, 0.2) is 12.7 Å². The summed E-state index contributed by atoms with van der Waals surface area (Å²) in [6, 6.07) is 0. The van der Waals surface area contributed by atoms with Gasteiger partial charge in [0, 0.05) is 6.61 Å². The van der Waals surface area contributed by atoms with Crippen molar-refractivity contribution in [1.29, 1.82) is 0 Å². The topological polar surface area (TPSA) is 27.7 Å². The molecule has 1 rings (SSSR count). The average molecular weight is 215 g/mol. The van der Waals surface area contributed by atoms with E-state index in [2.05, 4.69) is 6.58 Å². The lowest BCUT2D eigenvalue weighted by atomic mass is 10.1. The van der Waals surface area contributed by atoms with E-state index in [0.29, 0.717) is 13.2 Å². The van der Waals surface area contributed by atoms with Gasteiger partial charge in [0.05, 0.1) is 14.6 Å². The first-order valence-corrected chi connectivity index (χ1v) is 5.71. The van der Waals surface area contributed by atoms with Crippen molar-refractivity contribution in [2.45, 2.75) is 38.2 Å². The zero-order chi connectivity index (χ0) is 11.6. The summed E-state index contributed by atoms with van der Waals surface area (Å²) in [4.78, 5) is 0. The lowest BCUT2D eigenvalue weighted by Crippen LogP contribution is -2.17. The van der Waals surface area contributed by atoms with Gasteiger partial charge >= 0.3 is 0 Å². The van der Waals surface area contributed by atoms with Crippen molar-refractivity contribution >= 4 is 0 Å². The van der Waals surface area contributed by atoms with Gasteiger partial charge in [0.25, 0.3) is 0 Å². The maximum absolute atomic E-state index is 7.17. The average Bonchev–Trinajstić information content (AvgIpc) is 2.68. The molecule has 0 aliphatic carbocycles. The second kappa shape index (κ2) is 8.89. The van der Waals surface area contributed by atoms with Crippen LogP contribution in [0.3, 0.4) is 0 Å². The van der Waals surface area contributed by atoms with E-state index in [9.17, 15) is 0 Å². The molecule has 1 aliphatic heterocycles. The molecule has 0 aromatic rings. The predicted molar refractivity (Wildman–Crippen MR) is 59.8 cm³/mol. The molecule has 1 aliphatic rings. The van der Waals surface area contributed by atoms with E-state index in [-0.39, 0.29) is 6.10 Å². The molecule has 0 spiro atoms. The van der Waals surface area contributed by atoms with E-state index in [1.807, 2.05) is 6.08 Å². The van der Waals surface area contributed by atoms with Gasteiger partial charge in [-0.25, -0.2) is 0 Å². The molecule has 0 saturated carbocycles. The molecule has 2 unspecified atom stereocenters. The minimum Gasteiger partial charge on any atom is -0.379 e. The minimum atomic E-state index is -0.812.